The van der Waals surface area contributed by atoms with Crippen molar-refractivity contribution >= 4 is 38.8 Å². The lowest BCUT2D eigenvalue weighted by Crippen LogP contribution is -2.07. The van der Waals surface area contributed by atoms with Gasteiger partial charge in [0.2, 0.25) is 0 Å². The third-order valence-electron chi connectivity index (χ3n) is 4.52. The number of anilines is 3. The Labute approximate surface area is 166 Å². The Morgan fingerprint density at radius 2 is 1.85 bits per heavy atom. The average molecular weight is 422 g/mol. The normalized spacial score (nSPS) is 11.0. The molecule has 0 radical (unpaired) electrons. The summed E-state index contributed by atoms with van der Waals surface area (Å²) in [5, 5.41) is 3.53. The molecule has 0 aliphatic rings. The van der Waals surface area contributed by atoms with E-state index < -0.39 is 0 Å². The van der Waals surface area contributed by atoms with Crippen molar-refractivity contribution in [3.63, 3.8) is 0 Å². The van der Waals surface area contributed by atoms with E-state index in [1.807, 2.05) is 24.7 Å². The van der Waals surface area contributed by atoms with Gasteiger partial charge in [-0.05, 0) is 36.8 Å². The molecule has 0 saturated carbocycles. The highest BCUT2D eigenvalue weighted by Crippen LogP contribution is 2.32. The predicted molar refractivity (Wildman–Crippen MR) is 115 cm³/mol. The highest BCUT2D eigenvalue weighted by atomic mass is 79.9. The van der Waals surface area contributed by atoms with Crippen LogP contribution in [0.1, 0.15) is 5.56 Å². The third-order valence-corrected chi connectivity index (χ3v) is 5.38. The molecule has 0 fully saturated rings. The van der Waals surface area contributed by atoms with Crippen molar-refractivity contribution in [3.8, 4) is 11.3 Å². The summed E-state index contributed by atoms with van der Waals surface area (Å²) < 4.78 is 3.09. The molecule has 0 aliphatic carbocycles. The van der Waals surface area contributed by atoms with Gasteiger partial charge in [-0.1, -0.05) is 34.1 Å². The molecular formula is C21H20BrN5. The van der Waals surface area contributed by atoms with Gasteiger partial charge >= 0.3 is 0 Å². The van der Waals surface area contributed by atoms with Crippen molar-refractivity contribution in [2.45, 2.75) is 6.92 Å². The molecule has 5 nitrogen and oxygen atoms in total. The number of rotatable bonds is 4. The lowest BCUT2D eigenvalue weighted by molar-refractivity contribution is 1.13. The van der Waals surface area contributed by atoms with Gasteiger partial charge in [-0.2, -0.15) is 0 Å². The van der Waals surface area contributed by atoms with Gasteiger partial charge < -0.3 is 10.2 Å². The minimum Gasteiger partial charge on any atom is -0.378 e. The van der Waals surface area contributed by atoms with Crippen molar-refractivity contribution in [2.24, 2.45) is 0 Å². The Hall–Kier alpha value is -2.86. The van der Waals surface area contributed by atoms with E-state index in [-0.39, 0.29) is 0 Å². The van der Waals surface area contributed by atoms with Crippen molar-refractivity contribution in [1.82, 2.24) is 14.4 Å². The Morgan fingerprint density at radius 3 is 2.56 bits per heavy atom. The van der Waals surface area contributed by atoms with Crippen LogP contribution in [0.15, 0.2) is 65.5 Å². The molecule has 0 atom stereocenters. The zero-order valence-electron chi connectivity index (χ0n) is 15.4. The second-order valence-electron chi connectivity index (χ2n) is 6.64. The molecule has 0 saturated heterocycles. The number of nitrogens with zero attached hydrogens (tertiary/aromatic N) is 4. The summed E-state index contributed by atoms with van der Waals surface area (Å²) in [4.78, 5) is 11.1. The number of benzene rings is 2. The zero-order chi connectivity index (χ0) is 19.0. The van der Waals surface area contributed by atoms with E-state index in [9.17, 15) is 0 Å². The number of hydrogen-bond acceptors (Lipinski definition) is 4. The maximum Gasteiger partial charge on any atom is 0.157 e. The Kier molecular flexibility index (Phi) is 4.58. The first-order valence-corrected chi connectivity index (χ1v) is 9.45. The van der Waals surface area contributed by atoms with Crippen LogP contribution in [0.2, 0.25) is 0 Å². The number of fused-ring (bicyclic) bond motifs is 1. The van der Waals surface area contributed by atoms with Gasteiger partial charge in [0.25, 0.3) is 0 Å². The highest BCUT2D eigenvalue weighted by molar-refractivity contribution is 9.10. The molecule has 0 spiro atoms. The minimum absolute atomic E-state index is 0.804. The van der Waals surface area contributed by atoms with Crippen LogP contribution >= 0.6 is 15.9 Å². The van der Waals surface area contributed by atoms with Gasteiger partial charge in [0, 0.05) is 47.9 Å². The Bertz CT molecular complexity index is 1100. The van der Waals surface area contributed by atoms with E-state index in [2.05, 4.69) is 80.5 Å². The van der Waals surface area contributed by atoms with Crippen LogP contribution in [0.25, 0.3) is 16.9 Å². The van der Waals surface area contributed by atoms with Crippen LogP contribution < -0.4 is 10.2 Å². The second kappa shape index (κ2) is 7.04. The molecular weight excluding hydrogens is 402 g/mol. The maximum atomic E-state index is 4.81. The van der Waals surface area contributed by atoms with Crippen molar-refractivity contribution in [1.29, 1.82) is 0 Å². The number of imidazole rings is 1. The predicted octanol–water partition coefficient (Wildman–Crippen LogP) is 5.28. The highest BCUT2D eigenvalue weighted by Gasteiger charge is 2.15. The summed E-state index contributed by atoms with van der Waals surface area (Å²) in [7, 11) is 4.07. The summed E-state index contributed by atoms with van der Waals surface area (Å²) >= 11 is 3.61. The molecule has 0 unspecified atom stereocenters. The molecule has 2 aromatic heterocycles. The summed E-state index contributed by atoms with van der Waals surface area (Å²) in [5.41, 5.74) is 6.10. The summed E-state index contributed by atoms with van der Waals surface area (Å²) in [6.45, 7) is 2.07. The topological polar surface area (TPSA) is 45.5 Å². The second-order valence-corrected chi connectivity index (χ2v) is 7.50. The Balaban J connectivity index is 1.82. The summed E-state index contributed by atoms with van der Waals surface area (Å²) in [5.74, 6) is 0.917. The van der Waals surface area contributed by atoms with Crippen molar-refractivity contribution < 1.29 is 0 Å². The van der Waals surface area contributed by atoms with E-state index in [1.165, 1.54) is 5.56 Å². The molecule has 27 heavy (non-hydrogen) atoms. The molecule has 0 amide bonds. The molecule has 0 bridgehead atoms. The smallest absolute Gasteiger partial charge is 0.157 e. The third kappa shape index (κ3) is 3.40. The SMILES string of the molecule is Cc1ccc(Nc2c(-c3ccc(N(C)C)cc3)nc3cnccn23)cc1Br. The fourth-order valence-electron chi connectivity index (χ4n) is 2.95. The molecule has 1 N–H and O–H groups in total. The van der Waals surface area contributed by atoms with Crippen LogP contribution in [0.4, 0.5) is 17.2 Å². The zero-order valence-corrected chi connectivity index (χ0v) is 17.0. The first-order valence-electron chi connectivity index (χ1n) is 8.66. The fourth-order valence-corrected chi connectivity index (χ4v) is 3.33. The van der Waals surface area contributed by atoms with Crippen LogP contribution in [0.5, 0.6) is 0 Å². The monoisotopic (exact) mass is 421 g/mol. The average Bonchev–Trinajstić information content (AvgIpc) is 3.03. The molecule has 0 aliphatic heterocycles. The lowest BCUT2D eigenvalue weighted by atomic mass is 10.1. The van der Waals surface area contributed by atoms with Crippen molar-refractivity contribution in [3.05, 3.63) is 71.1 Å². The lowest BCUT2D eigenvalue weighted by Gasteiger charge is -2.13. The number of hydrogen-bond donors (Lipinski definition) is 1. The number of aromatic nitrogens is 3. The van der Waals surface area contributed by atoms with Gasteiger partial charge in [0.1, 0.15) is 11.5 Å². The van der Waals surface area contributed by atoms with Gasteiger partial charge in [-0.25, -0.2) is 4.98 Å². The first-order chi connectivity index (χ1) is 13.0. The summed E-state index contributed by atoms with van der Waals surface area (Å²) in [6.07, 6.45) is 5.46. The largest absolute Gasteiger partial charge is 0.378 e. The number of aryl methyl sites for hydroxylation is 1. The van der Waals surface area contributed by atoms with Gasteiger partial charge in [-0.15, -0.1) is 0 Å². The number of nitrogens with one attached hydrogen (secondary N) is 1. The molecule has 2 heterocycles. The quantitative estimate of drug-likeness (QED) is 0.486. The maximum absolute atomic E-state index is 4.81. The molecule has 6 heteroatoms. The van der Waals surface area contributed by atoms with Crippen molar-refractivity contribution in [2.75, 3.05) is 24.3 Å². The minimum atomic E-state index is 0.804. The van der Waals surface area contributed by atoms with Crippen LogP contribution in [0, 0.1) is 6.92 Å². The van der Waals surface area contributed by atoms with Gasteiger partial charge in [0.05, 0.1) is 6.20 Å². The van der Waals surface area contributed by atoms with Crippen LogP contribution in [0.3, 0.4) is 0 Å². The molecule has 2 aromatic carbocycles. The molecule has 136 valence electrons. The standard InChI is InChI=1S/C21H20BrN5/c1-14-4-7-16(12-18(14)22)24-21-20(25-19-13-23-10-11-27(19)21)15-5-8-17(9-6-15)26(2)3/h4-13,24H,1-3H3. The van der Waals surface area contributed by atoms with E-state index in [0.717, 1.165) is 38.6 Å². The van der Waals surface area contributed by atoms with E-state index in [0.29, 0.717) is 0 Å². The van der Waals surface area contributed by atoms with E-state index in [4.69, 9.17) is 4.98 Å². The molecule has 4 aromatic rings. The number of halogens is 1. The fraction of sp³-hybridized carbons (Fsp3) is 0.143. The first kappa shape index (κ1) is 17.5. The van der Waals surface area contributed by atoms with Gasteiger partial charge in [-0.3, -0.25) is 9.38 Å². The molecule has 4 rings (SSSR count). The Morgan fingerprint density at radius 1 is 1.07 bits per heavy atom. The van der Waals surface area contributed by atoms with E-state index >= 15 is 0 Å². The van der Waals surface area contributed by atoms with Crippen LogP contribution in [-0.4, -0.2) is 28.5 Å². The summed E-state index contributed by atoms with van der Waals surface area (Å²) in [6, 6.07) is 14.6. The van der Waals surface area contributed by atoms with Gasteiger partial charge in [0.15, 0.2) is 5.65 Å². The van der Waals surface area contributed by atoms with Crippen LogP contribution in [-0.2, 0) is 0 Å². The van der Waals surface area contributed by atoms with E-state index in [1.54, 1.807) is 12.4 Å².